The zero-order valence-electron chi connectivity index (χ0n) is 14.1. The Hall–Kier alpha value is -1.55. The zero-order valence-corrected chi connectivity index (χ0v) is 14.1. The van der Waals surface area contributed by atoms with Crippen molar-refractivity contribution in [3.8, 4) is 5.75 Å². The van der Waals surface area contributed by atoms with Crippen molar-refractivity contribution in [2.75, 3.05) is 13.2 Å². The van der Waals surface area contributed by atoms with E-state index in [0.29, 0.717) is 19.6 Å². The Morgan fingerprint density at radius 1 is 1.35 bits per heavy atom. The zero-order chi connectivity index (χ0) is 16.4. The van der Waals surface area contributed by atoms with Gasteiger partial charge in [0.25, 0.3) is 0 Å². The largest absolute Gasteiger partial charge is 0.494 e. The van der Waals surface area contributed by atoms with Crippen molar-refractivity contribution in [1.29, 1.82) is 0 Å². The molecule has 0 bridgehead atoms. The summed E-state index contributed by atoms with van der Waals surface area (Å²) in [6, 6.07) is 7.88. The SMILES string of the molecule is CCOc1ccccc1C1C2CCCCC2(O)CCN1C(C)=O. The molecule has 126 valence electrons. The number of aliphatic hydroxyl groups is 1. The number of ether oxygens (including phenoxy) is 1. The standard InChI is InChI=1S/C19H27NO3/c1-3-23-17-10-5-4-8-15(17)18-16-9-6-7-11-19(16,22)12-13-20(18)14(2)21/h4-5,8,10,16,18,22H,3,6-7,9,11-13H2,1-2H3. The summed E-state index contributed by atoms with van der Waals surface area (Å²) >= 11 is 0. The van der Waals surface area contributed by atoms with E-state index >= 15 is 0 Å². The van der Waals surface area contributed by atoms with Gasteiger partial charge in [0.15, 0.2) is 0 Å². The minimum Gasteiger partial charge on any atom is -0.494 e. The van der Waals surface area contributed by atoms with E-state index in [1.165, 1.54) is 0 Å². The van der Waals surface area contributed by atoms with Crippen LogP contribution in [0.5, 0.6) is 5.75 Å². The molecule has 1 aromatic rings. The maximum atomic E-state index is 12.2. The van der Waals surface area contributed by atoms with Gasteiger partial charge in [0, 0.05) is 24.9 Å². The Bertz CT molecular complexity index is 573. The minimum absolute atomic E-state index is 0.0777. The molecule has 3 atom stereocenters. The van der Waals surface area contributed by atoms with Gasteiger partial charge in [-0.25, -0.2) is 0 Å². The molecular formula is C19H27NO3. The molecule has 3 unspecified atom stereocenters. The van der Waals surface area contributed by atoms with Crippen molar-refractivity contribution in [2.45, 2.75) is 57.6 Å². The molecule has 2 fully saturated rings. The summed E-state index contributed by atoms with van der Waals surface area (Å²) < 4.78 is 5.81. The second kappa shape index (κ2) is 6.52. The predicted octanol–water partition coefficient (Wildman–Crippen LogP) is 3.30. The Labute approximate surface area is 138 Å². The van der Waals surface area contributed by atoms with E-state index in [2.05, 4.69) is 0 Å². The second-order valence-corrected chi connectivity index (χ2v) is 6.83. The van der Waals surface area contributed by atoms with E-state index in [1.54, 1.807) is 6.92 Å². The molecule has 23 heavy (non-hydrogen) atoms. The van der Waals surface area contributed by atoms with Gasteiger partial charge in [-0.05, 0) is 32.3 Å². The number of nitrogens with zero attached hydrogens (tertiary/aromatic N) is 1. The van der Waals surface area contributed by atoms with Crippen LogP contribution in [-0.4, -0.2) is 34.7 Å². The van der Waals surface area contributed by atoms with Crippen molar-refractivity contribution in [3.63, 3.8) is 0 Å². The molecule has 1 aliphatic heterocycles. The molecule has 0 radical (unpaired) electrons. The first-order chi connectivity index (χ1) is 11.1. The van der Waals surface area contributed by atoms with Gasteiger partial charge in [-0.2, -0.15) is 0 Å². The second-order valence-electron chi connectivity index (χ2n) is 6.83. The third-order valence-corrected chi connectivity index (χ3v) is 5.51. The highest BCUT2D eigenvalue weighted by molar-refractivity contribution is 5.74. The number of fused-ring (bicyclic) bond motifs is 1. The van der Waals surface area contributed by atoms with Crippen molar-refractivity contribution in [2.24, 2.45) is 5.92 Å². The molecule has 0 aromatic heterocycles. The first-order valence-corrected chi connectivity index (χ1v) is 8.78. The number of benzene rings is 1. The fourth-order valence-electron chi connectivity index (χ4n) is 4.43. The normalized spacial score (nSPS) is 30.7. The van der Waals surface area contributed by atoms with Gasteiger partial charge in [-0.3, -0.25) is 4.79 Å². The third kappa shape index (κ3) is 2.97. The molecule has 1 saturated heterocycles. The molecule has 1 saturated carbocycles. The maximum absolute atomic E-state index is 12.2. The Kier molecular flexibility index (Phi) is 4.62. The Morgan fingerprint density at radius 3 is 2.87 bits per heavy atom. The maximum Gasteiger partial charge on any atom is 0.219 e. The van der Waals surface area contributed by atoms with Gasteiger partial charge in [0.1, 0.15) is 5.75 Å². The Morgan fingerprint density at radius 2 is 2.13 bits per heavy atom. The lowest BCUT2D eigenvalue weighted by molar-refractivity contribution is -0.153. The van der Waals surface area contributed by atoms with E-state index in [1.807, 2.05) is 36.1 Å². The average Bonchev–Trinajstić information content (AvgIpc) is 2.54. The Balaban J connectivity index is 2.05. The van der Waals surface area contributed by atoms with Gasteiger partial charge in [0.05, 0.1) is 18.2 Å². The molecule has 1 aliphatic carbocycles. The number of carbonyl (C=O) groups is 1. The number of para-hydroxylation sites is 1. The van der Waals surface area contributed by atoms with Gasteiger partial charge in [0.2, 0.25) is 5.91 Å². The smallest absolute Gasteiger partial charge is 0.219 e. The van der Waals surface area contributed by atoms with Gasteiger partial charge in [-0.1, -0.05) is 31.0 Å². The van der Waals surface area contributed by atoms with Crippen LogP contribution in [0.4, 0.5) is 0 Å². The summed E-state index contributed by atoms with van der Waals surface area (Å²) in [5, 5.41) is 11.2. The van der Waals surface area contributed by atoms with E-state index in [-0.39, 0.29) is 17.9 Å². The summed E-state index contributed by atoms with van der Waals surface area (Å²) in [6.07, 6.45) is 4.69. The molecule has 4 heteroatoms. The van der Waals surface area contributed by atoms with Crippen LogP contribution in [0, 0.1) is 5.92 Å². The van der Waals surface area contributed by atoms with Gasteiger partial charge >= 0.3 is 0 Å². The summed E-state index contributed by atoms with van der Waals surface area (Å²) in [4.78, 5) is 14.2. The number of amides is 1. The van der Waals surface area contributed by atoms with Crippen LogP contribution in [0.25, 0.3) is 0 Å². The van der Waals surface area contributed by atoms with Crippen LogP contribution in [0.3, 0.4) is 0 Å². The first kappa shape index (κ1) is 16.3. The van der Waals surface area contributed by atoms with Crippen molar-refractivity contribution in [3.05, 3.63) is 29.8 Å². The first-order valence-electron chi connectivity index (χ1n) is 8.78. The third-order valence-electron chi connectivity index (χ3n) is 5.51. The molecule has 1 amide bonds. The van der Waals surface area contributed by atoms with Crippen molar-refractivity contribution < 1.29 is 14.6 Å². The number of rotatable bonds is 3. The summed E-state index contributed by atoms with van der Waals surface area (Å²) in [7, 11) is 0. The van der Waals surface area contributed by atoms with E-state index in [0.717, 1.165) is 37.0 Å². The fraction of sp³-hybridized carbons (Fsp3) is 0.632. The minimum atomic E-state index is -0.645. The molecule has 1 heterocycles. The molecule has 1 aromatic carbocycles. The number of carbonyl (C=O) groups excluding carboxylic acids is 1. The van der Waals surface area contributed by atoms with Crippen LogP contribution in [0.2, 0.25) is 0 Å². The average molecular weight is 317 g/mol. The molecule has 3 rings (SSSR count). The van der Waals surface area contributed by atoms with E-state index in [9.17, 15) is 9.90 Å². The number of hydrogen-bond acceptors (Lipinski definition) is 3. The highest BCUT2D eigenvalue weighted by atomic mass is 16.5. The molecule has 4 nitrogen and oxygen atoms in total. The molecule has 1 N–H and O–H groups in total. The lowest BCUT2D eigenvalue weighted by atomic mass is 9.66. The van der Waals surface area contributed by atoms with E-state index < -0.39 is 5.60 Å². The van der Waals surface area contributed by atoms with Crippen LogP contribution >= 0.6 is 0 Å². The quantitative estimate of drug-likeness (QED) is 0.930. The van der Waals surface area contributed by atoms with Crippen molar-refractivity contribution >= 4 is 5.91 Å². The lowest BCUT2D eigenvalue weighted by Gasteiger charge is -2.52. The topological polar surface area (TPSA) is 49.8 Å². The summed E-state index contributed by atoms with van der Waals surface area (Å²) in [5.74, 6) is 1.01. The summed E-state index contributed by atoms with van der Waals surface area (Å²) in [5.41, 5.74) is 0.392. The van der Waals surface area contributed by atoms with Crippen LogP contribution < -0.4 is 4.74 Å². The summed E-state index contributed by atoms with van der Waals surface area (Å²) in [6.45, 7) is 4.81. The number of hydrogen-bond donors (Lipinski definition) is 1. The highest BCUT2D eigenvalue weighted by Crippen LogP contribution is 2.50. The van der Waals surface area contributed by atoms with Crippen LogP contribution in [0.1, 0.15) is 57.6 Å². The molecule has 2 aliphatic rings. The monoisotopic (exact) mass is 317 g/mol. The number of likely N-dealkylation sites (tertiary alicyclic amines) is 1. The van der Waals surface area contributed by atoms with Gasteiger partial charge in [-0.15, -0.1) is 0 Å². The van der Waals surface area contributed by atoms with Crippen LogP contribution in [-0.2, 0) is 4.79 Å². The number of piperidine rings is 1. The predicted molar refractivity (Wildman–Crippen MR) is 89.3 cm³/mol. The van der Waals surface area contributed by atoms with Crippen LogP contribution in [0.15, 0.2) is 24.3 Å². The molecular weight excluding hydrogens is 290 g/mol. The highest BCUT2D eigenvalue weighted by Gasteiger charge is 2.50. The lowest BCUT2D eigenvalue weighted by Crippen LogP contribution is -2.55. The van der Waals surface area contributed by atoms with Gasteiger partial charge < -0.3 is 14.7 Å². The fourth-order valence-corrected chi connectivity index (χ4v) is 4.43. The molecule has 0 spiro atoms. The van der Waals surface area contributed by atoms with Crippen molar-refractivity contribution in [1.82, 2.24) is 4.90 Å². The van der Waals surface area contributed by atoms with E-state index in [4.69, 9.17) is 4.74 Å².